The number of aryl methyl sites for hydroxylation is 1. The molecule has 27 heavy (non-hydrogen) atoms. The number of hydrogen-bond acceptors (Lipinski definition) is 6. The summed E-state index contributed by atoms with van der Waals surface area (Å²) in [5.41, 5.74) is 0.795. The number of carbonyl (C=O) groups excluding carboxylic acids is 2. The lowest BCUT2D eigenvalue weighted by molar-refractivity contribution is -0.120. The number of imide groups is 1. The van der Waals surface area contributed by atoms with Crippen molar-refractivity contribution in [1.82, 2.24) is 20.4 Å². The molecule has 3 aliphatic heterocycles. The maximum Gasteiger partial charge on any atom is 0.322 e. The summed E-state index contributed by atoms with van der Waals surface area (Å²) in [4.78, 5) is 33.1. The van der Waals surface area contributed by atoms with Gasteiger partial charge in [-0.1, -0.05) is 6.92 Å². The largest absolute Gasteiger partial charge is 0.461 e. The summed E-state index contributed by atoms with van der Waals surface area (Å²) in [5.74, 6) is 2.00. The van der Waals surface area contributed by atoms with Crippen LogP contribution in [0.3, 0.4) is 0 Å². The number of hydrogen-bond donors (Lipinski definition) is 2. The number of nitrogens with one attached hydrogen (secondary N) is 2. The zero-order chi connectivity index (χ0) is 18.8. The summed E-state index contributed by atoms with van der Waals surface area (Å²) in [6.45, 7) is 7.66. The van der Waals surface area contributed by atoms with Crippen LogP contribution in [0.4, 0.5) is 10.5 Å². The molecule has 2 saturated heterocycles. The molecule has 4 rings (SSSR count). The highest BCUT2D eigenvalue weighted by atomic mass is 16.3. The minimum atomic E-state index is -0.759. The number of rotatable bonds is 2. The smallest absolute Gasteiger partial charge is 0.322 e. The van der Waals surface area contributed by atoms with Gasteiger partial charge >= 0.3 is 6.03 Å². The molecular formula is C19H27N5O3. The van der Waals surface area contributed by atoms with Crippen LogP contribution >= 0.6 is 0 Å². The van der Waals surface area contributed by atoms with Crippen molar-refractivity contribution >= 4 is 23.5 Å². The van der Waals surface area contributed by atoms with Gasteiger partial charge in [0, 0.05) is 32.0 Å². The van der Waals surface area contributed by atoms with Gasteiger partial charge in [-0.05, 0) is 38.9 Å². The first-order valence-corrected chi connectivity index (χ1v) is 9.93. The van der Waals surface area contributed by atoms with E-state index in [-0.39, 0.29) is 5.91 Å². The number of amides is 3. The van der Waals surface area contributed by atoms with E-state index in [1.807, 2.05) is 0 Å². The highest BCUT2D eigenvalue weighted by Gasteiger charge is 2.34. The fraction of sp³-hybridized carbons (Fsp3) is 0.632. The molecule has 2 fully saturated rings. The SMILES string of the molecule is CCN1CCCN(C2=Nc3cc(C4NC(=O)NC4=O)oc3CCC2)CCC1. The van der Waals surface area contributed by atoms with Gasteiger partial charge in [0.15, 0.2) is 6.04 Å². The number of carbonyl (C=O) groups is 2. The number of nitrogens with zero attached hydrogens (tertiary/aromatic N) is 3. The van der Waals surface area contributed by atoms with E-state index >= 15 is 0 Å². The Morgan fingerprint density at radius 3 is 2.59 bits per heavy atom. The summed E-state index contributed by atoms with van der Waals surface area (Å²) < 4.78 is 5.89. The predicted octanol–water partition coefficient (Wildman–Crippen LogP) is 1.94. The first-order valence-electron chi connectivity index (χ1n) is 9.93. The molecule has 3 amide bonds. The van der Waals surface area contributed by atoms with E-state index in [2.05, 4.69) is 27.4 Å². The van der Waals surface area contributed by atoms with Crippen molar-refractivity contribution in [1.29, 1.82) is 0 Å². The lowest BCUT2D eigenvalue weighted by Crippen LogP contribution is -2.39. The topological polar surface area (TPSA) is 90.2 Å². The van der Waals surface area contributed by atoms with Crippen LogP contribution in [0.1, 0.15) is 50.2 Å². The zero-order valence-corrected chi connectivity index (χ0v) is 15.8. The van der Waals surface area contributed by atoms with Gasteiger partial charge in [0.2, 0.25) is 0 Å². The standard InChI is InChI=1S/C19H27N5O3/c1-2-23-8-4-10-24(11-5-9-23)16-7-3-6-14-13(20-16)12-15(27-14)17-18(25)22-19(26)21-17/h12,17H,2-11H2,1H3,(H2,21,22,25,26). The Hall–Kier alpha value is -2.35. The molecule has 0 bridgehead atoms. The lowest BCUT2D eigenvalue weighted by atomic mass is 10.1. The third kappa shape index (κ3) is 3.85. The van der Waals surface area contributed by atoms with Crippen LogP contribution in [-0.4, -0.2) is 60.3 Å². The van der Waals surface area contributed by atoms with Gasteiger partial charge in [-0.15, -0.1) is 0 Å². The molecule has 0 aromatic carbocycles. The van der Waals surface area contributed by atoms with Crippen molar-refractivity contribution in [3.05, 3.63) is 17.6 Å². The predicted molar refractivity (Wildman–Crippen MR) is 101 cm³/mol. The Morgan fingerprint density at radius 1 is 1.15 bits per heavy atom. The average molecular weight is 373 g/mol. The fourth-order valence-electron chi connectivity index (χ4n) is 4.07. The van der Waals surface area contributed by atoms with Crippen molar-refractivity contribution in [2.24, 2.45) is 4.99 Å². The minimum Gasteiger partial charge on any atom is -0.461 e. The van der Waals surface area contributed by atoms with Crippen molar-refractivity contribution in [2.45, 2.75) is 45.1 Å². The first-order chi connectivity index (χ1) is 13.1. The molecular weight excluding hydrogens is 346 g/mol. The van der Waals surface area contributed by atoms with Gasteiger partial charge in [-0.3, -0.25) is 10.1 Å². The summed E-state index contributed by atoms with van der Waals surface area (Å²) >= 11 is 0. The number of amidine groups is 1. The molecule has 1 atom stereocenters. The van der Waals surface area contributed by atoms with Crippen molar-refractivity contribution in [3.63, 3.8) is 0 Å². The normalized spacial score (nSPS) is 24.4. The van der Waals surface area contributed by atoms with Gasteiger partial charge < -0.3 is 19.5 Å². The van der Waals surface area contributed by atoms with Crippen LogP contribution in [0.2, 0.25) is 0 Å². The van der Waals surface area contributed by atoms with Crippen molar-refractivity contribution < 1.29 is 14.0 Å². The minimum absolute atomic E-state index is 0.377. The Kier molecular flexibility index (Phi) is 5.15. The van der Waals surface area contributed by atoms with Gasteiger partial charge in [0.25, 0.3) is 5.91 Å². The summed E-state index contributed by atoms with van der Waals surface area (Å²) in [5, 5.41) is 4.83. The Balaban J connectivity index is 1.52. The van der Waals surface area contributed by atoms with E-state index in [1.54, 1.807) is 6.07 Å². The molecule has 1 unspecified atom stereocenters. The quantitative estimate of drug-likeness (QED) is 0.774. The Bertz CT molecular complexity index is 747. The Labute approximate surface area is 159 Å². The molecule has 0 radical (unpaired) electrons. The third-order valence-corrected chi connectivity index (χ3v) is 5.54. The zero-order valence-electron chi connectivity index (χ0n) is 15.8. The van der Waals surface area contributed by atoms with Crippen molar-refractivity contribution in [3.8, 4) is 0 Å². The van der Waals surface area contributed by atoms with Crippen LogP contribution in [0.25, 0.3) is 0 Å². The average Bonchev–Trinajstić information content (AvgIpc) is 3.10. The van der Waals surface area contributed by atoms with Crippen LogP contribution in [0, 0.1) is 0 Å². The molecule has 2 N–H and O–H groups in total. The molecule has 8 heteroatoms. The van der Waals surface area contributed by atoms with Gasteiger partial charge in [-0.25, -0.2) is 9.79 Å². The number of aliphatic imine (C=N–C) groups is 1. The van der Waals surface area contributed by atoms with Gasteiger partial charge in [-0.2, -0.15) is 0 Å². The molecule has 0 aliphatic carbocycles. The molecule has 1 aromatic rings. The molecule has 0 saturated carbocycles. The monoisotopic (exact) mass is 373 g/mol. The van der Waals surface area contributed by atoms with E-state index < -0.39 is 12.1 Å². The third-order valence-electron chi connectivity index (χ3n) is 5.54. The number of urea groups is 1. The summed E-state index contributed by atoms with van der Waals surface area (Å²) in [6.07, 6.45) is 4.99. The molecule has 8 nitrogen and oxygen atoms in total. The van der Waals surface area contributed by atoms with E-state index in [9.17, 15) is 9.59 Å². The highest BCUT2D eigenvalue weighted by Crippen LogP contribution is 2.33. The summed E-state index contributed by atoms with van der Waals surface area (Å²) in [6, 6.07) is 0.562. The maximum atomic E-state index is 11.9. The second kappa shape index (κ2) is 7.72. The molecule has 1 aromatic heterocycles. The number of furan rings is 1. The molecule has 3 aliphatic rings. The van der Waals surface area contributed by atoms with Crippen LogP contribution in [0.15, 0.2) is 15.5 Å². The lowest BCUT2D eigenvalue weighted by Gasteiger charge is -2.31. The van der Waals surface area contributed by atoms with Crippen molar-refractivity contribution in [2.75, 3.05) is 32.7 Å². The van der Waals surface area contributed by atoms with E-state index in [4.69, 9.17) is 9.41 Å². The summed E-state index contributed by atoms with van der Waals surface area (Å²) in [7, 11) is 0. The number of fused-ring (bicyclic) bond motifs is 1. The maximum absolute atomic E-state index is 11.9. The van der Waals surface area contributed by atoms with E-state index in [1.165, 1.54) is 0 Å². The van der Waals surface area contributed by atoms with E-state index in [0.29, 0.717) is 5.76 Å². The van der Waals surface area contributed by atoms with E-state index in [0.717, 1.165) is 82.1 Å². The molecule has 0 spiro atoms. The molecule has 4 heterocycles. The van der Waals surface area contributed by atoms with Crippen LogP contribution in [0.5, 0.6) is 0 Å². The second-order valence-electron chi connectivity index (χ2n) is 7.36. The molecule has 146 valence electrons. The Morgan fingerprint density at radius 2 is 1.93 bits per heavy atom. The first kappa shape index (κ1) is 18.0. The van der Waals surface area contributed by atoms with Gasteiger partial charge in [0.05, 0.1) is 0 Å². The van der Waals surface area contributed by atoms with Crippen LogP contribution < -0.4 is 10.6 Å². The second-order valence-corrected chi connectivity index (χ2v) is 7.36. The highest BCUT2D eigenvalue weighted by molar-refractivity contribution is 6.04. The van der Waals surface area contributed by atoms with Crippen LogP contribution in [-0.2, 0) is 11.2 Å². The fourth-order valence-corrected chi connectivity index (χ4v) is 4.07. The van der Waals surface area contributed by atoms with Gasteiger partial charge in [0.1, 0.15) is 23.0 Å².